The van der Waals surface area contributed by atoms with Gasteiger partial charge in [0, 0.05) is 6.54 Å². The van der Waals surface area contributed by atoms with E-state index in [9.17, 15) is 18.3 Å². The Morgan fingerprint density at radius 2 is 1.48 bits per heavy atom. The number of rotatable bonds is 6. The molecule has 0 bridgehead atoms. The minimum Gasteiger partial charge on any atom is -0.549 e. The average molecular weight is 304 g/mol. The molecule has 0 radical (unpaired) electrons. The standard InChI is InChI=1S/C15H15NO4S/c17-15(18)12-16(11-13-7-3-1-4-8-13)21(19,20)14-9-5-2-6-10-14/h1-10H,11-12H2,(H,17,18)/p-1. The highest BCUT2D eigenvalue weighted by Gasteiger charge is 2.24. The molecule has 0 aliphatic rings. The number of carboxylic acid groups (broad SMARTS) is 1. The summed E-state index contributed by atoms with van der Waals surface area (Å²) in [5.74, 6) is -1.44. The zero-order valence-electron chi connectivity index (χ0n) is 11.2. The van der Waals surface area contributed by atoms with E-state index in [1.165, 1.54) is 12.1 Å². The van der Waals surface area contributed by atoms with E-state index >= 15 is 0 Å². The third-order valence-corrected chi connectivity index (χ3v) is 4.69. The molecule has 2 aromatic carbocycles. The van der Waals surface area contributed by atoms with Crippen LogP contribution in [0.3, 0.4) is 0 Å². The van der Waals surface area contributed by atoms with E-state index < -0.39 is 22.5 Å². The van der Waals surface area contributed by atoms with E-state index in [-0.39, 0.29) is 11.4 Å². The van der Waals surface area contributed by atoms with Crippen LogP contribution in [0.1, 0.15) is 5.56 Å². The normalized spacial score (nSPS) is 11.5. The lowest BCUT2D eigenvalue weighted by atomic mass is 10.2. The summed E-state index contributed by atoms with van der Waals surface area (Å²) in [7, 11) is -3.88. The molecule has 2 rings (SSSR count). The summed E-state index contributed by atoms with van der Waals surface area (Å²) < 4.78 is 25.9. The highest BCUT2D eigenvalue weighted by atomic mass is 32.2. The number of hydrogen-bond donors (Lipinski definition) is 0. The molecule has 0 aromatic heterocycles. The van der Waals surface area contributed by atoms with E-state index in [1.807, 2.05) is 0 Å². The number of carbonyl (C=O) groups is 1. The third-order valence-electron chi connectivity index (χ3n) is 2.89. The Balaban J connectivity index is 2.34. The highest BCUT2D eigenvalue weighted by Crippen LogP contribution is 2.17. The van der Waals surface area contributed by atoms with Gasteiger partial charge in [-0.1, -0.05) is 48.5 Å². The van der Waals surface area contributed by atoms with Gasteiger partial charge in [0.25, 0.3) is 0 Å². The molecule has 0 saturated heterocycles. The van der Waals surface area contributed by atoms with Crippen LogP contribution in [-0.4, -0.2) is 25.2 Å². The Bertz CT molecular complexity index is 699. The van der Waals surface area contributed by atoms with Gasteiger partial charge in [-0.25, -0.2) is 8.42 Å². The molecule has 21 heavy (non-hydrogen) atoms. The van der Waals surface area contributed by atoms with Crippen molar-refractivity contribution in [3.05, 3.63) is 66.2 Å². The summed E-state index contributed by atoms with van der Waals surface area (Å²) in [4.78, 5) is 10.9. The van der Waals surface area contributed by atoms with Crippen molar-refractivity contribution in [2.24, 2.45) is 0 Å². The Kier molecular flexibility index (Phi) is 4.72. The fraction of sp³-hybridized carbons (Fsp3) is 0.133. The lowest BCUT2D eigenvalue weighted by Gasteiger charge is -2.22. The Morgan fingerprint density at radius 1 is 0.952 bits per heavy atom. The molecule has 0 unspecified atom stereocenters. The average Bonchev–Trinajstić information content (AvgIpc) is 2.48. The minimum atomic E-state index is -3.88. The molecule has 110 valence electrons. The molecular weight excluding hydrogens is 290 g/mol. The van der Waals surface area contributed by atoms with Crippen LogP contribution in [-0.2, 0) is 21.4 Å². The predicted octanol–water partition coefficient (Wildman–Crippen LogP) is 0.627. The summed E-state index contributed by atoms with van der Waals surface area (Å²) in [6.07, 6.45) is 0. The number of carboxylic acids is 1. The zero-order valence-corrected chi connectivity index (χ0v) is 12.0. The minimum absolute atomic E-state index is 0.0218. The maximum atomic E-state index is 12.5. The van der Waals surface area contributed by atoms with Gasteiger partial charge in [-0.2, -0.15) is 4.31 Å². The second-order valence-corrected chi connectivity index (χ2v) is 6.38. The predicted molar refractivity (Wildman–Crippen MR) is 75.5 cm³/mol. The second kappa shape index (κ2) is 6.51. The highest BCUT2D eigenvalue weighted by molar-refractivity contribution is 7.89. The van der Waals surface area contributed by atoms with Gasteiger partial charge >= 0.3 is 0 Å². The second-order valence-electron chi connectivity index (χ2n) is 4.44. The molecule has 0 atom stereocenters. The van der Waals surface area contributed by atoms with Gasteiger partial charge in [0.05, 0.1) is 17.4 Å². The summed E-state index contributed by atoms with van der Waals surface area (Å²) in [6, 6.07) is 16.6. The number of carbonyl (C=O) groups excluding carboxylic acids is 1. The SMILES string of the molecule is O=C([O-])CN(Cc1ccccc1)S(=O)(=O)c1ccccc1. The number of hydrogen-bond acceptors (Lipinski definition) is 4. The van der Waals surface area contributed by atoms with Crippen LogP contribution in [0.15, 0.2) is 65.6 Å². The molecular formula is C15H14NO4S-. The fourth-order valence-corrected chi connectivity index (χ4v) is 3.29. The van der Waals surface area contributed by atoms with Gasteiger partial charge in [0.2, 0.25) is 10.0 Å². The first kappa shape index (κ1) is 15.2. The number of nitrogens with zero attached hydrogens (tertiary/aromatic N) is 1. The van der Waals surface area contributed by atoms with Gasteiger partial charge in [-0.05, 0) is 17.7 Å². The van der Waals surface area contributed by atoms with Crippen molar-refractivity contribution in [3.63, 3.8) is 0 Å². The summed E-state index contributed by atoms with van der Waals surface area (Å²) in [5.41, 5.74) is 0.707. The topological polar surface area (TPSA) is 77.5 Å². The molecule has 2 aromatic rings. The Hall–Kier alpha value is -2.18. The summed E-state index contributed by atoms with van der Waals surface area (Å²) >= 11 is 0. The Morgan fingerprint density at radius 3 is 2.00 bits per heavy atom. The van der Waals surface area contributed by atoms with Crippen molar-refractivity contribution in [2.75, 3.05) is 6.54 Å². The van der Waals surface area contributed by atoms with Gasteiger partial charge in [-0.15, -0.1) is 0 Å². The van der Waals surface area contributed by atoms with Gasteiger partial charge in [0.15, 0.2) is 0 Å². The molecule has 6 heteroatoms. The van der Waals surface area contributed by atoms with Crippen LogP contribution < -0.4 is 5.11 Å². The lowest BCUT2D eigenvalue weighted by molar-refractivity contribution is -0.305. The van der Waals surface area contributed by atoms with Gasteiger partial charge < -0.3 is 9.90 Å². The van der Waals surface area contributed by atoms with Crippen LogP contribution in [0.25, 0.3) is 0 Å². The molecule has 0 saturated carbocycles. The molecule has 0 aliphatic carbocycles. The van der Waals surface area contributed by atoms with Crippen molar-refractivity contribution in [3.8, 4) is 0 Å². The molecule has 0 aliphatic heterocycles. The number of sulfonamides is 1. The van der Waals surface area contributed by atoms with Crippen LogP contribution in [0.2, 0.25) is 0 Å². The third kappa shape index (κ3) is 3.90. The van der Waals surface area contributed by atoms with Crippen molar-refractivity contribution in [1.29, 1.82) is 0 Å². The number of aliphatic carboxylic acids is 1. The molecule has 5 nitrogen and oxygen atoms in total. The van der Waals surface area contributed by atoms with Crippen molar-refractivity contribution in [2.45, 2.75) is 11.4 Å². The first-order chi connectivity index (χ1) is 10.00. The van der Waals surface area contributed by atoms with Crippen molar-refractivity contribution in [1.82, 2.24) is 4.31 Å². The maximum Gasteiger partial charge on any atom is 0.243 e. The largest absolute Gasteiger partial charge is 0.549 e. The summed E-state index contributed by atoms with van der Waals surface area (Å²) in [6.45, 7) is -0.710. The quantitative estimate of drug-likeness (QED) is 0.784. The summed E-state index contributed by atoms with van der Waals surface area (Å²) in [5, 5.41) is 10.9. The van der Waals surface area contributed by atoms with Crippen LogP contribution in [0.5, 0.6) is 0 Å². The van der Waals surface area contributed by atoms with E-state index in [0.29, 0.717) is 5.56 Å². The van der Waals surface area contributed by atoms with E-state index in [4.69, 9.17) is 0 Å². The van der Waals surface area contributed by atoms with E-state index in [0.717, 1.165) is 4.31 Å². The van der Waals surface area contributed by atoms with Crippen molar-refractivity contribution < 1.29 is 18.3 Å². The zero-order chi connectivity index (χ0) is 15.3. The first-order valence-corrected chi connectivity index (χ1v) is 7.73. The fourth-order valence-electron chi connectivity index (χ4n) is 1.90. The first-order valence-electron chi connectivity index (χ1n) is 6.29. The van der Waals surface area contributed by atoms with E-state index in [1.54, 1.807) is 48.5 Å². The lowest BCUT2D eigenvalue weighted by Crippen LogP contribution is -2.41. The smallest absolute Gasteiger partial charge is 0.243 e. The Labute approximate surface area is 123 Å². The van der Waals surface area contributed by atoms with Gasteiger partial charge in [-0.3, -0.25) is 0 Å². The monoisotopic (exact) mass is 304 g/mol. The molecule has 0 spiro atoms. The maximum absolute atomic E-state index is 12.5. The molecule has 0 amide bonds. The molecule has 0 heterocycles. The molecule has 0 N–H and O–H groups in total. The van der Waals surface area contributed by atoms with Crippen molar-refractivity contribution >= 4 is 16.0 Å². The van der Waals surface area contributed by atoms with Crippen LogP contribution in [0, 0.1) is 0 Å². The number of benzene rings is 2. The van der Waals surface area contributed by atoms with E-state index in [2.05, 4.69) is 0 Å². The van der Waals surface area contributed by atoms with Crippen LogP contribution >= 0.6 is 0 Å². The van der Waals surface area contributed by atoms with Crippen LogP contribution in [0.4, 0.5) is 0 Å². The van der Waals surface area contributed by atoms with Gasteiger partial charge in [0.1, 0.15) is 0 Å². The molecule has 0 fully saturated rings.